The van der Waals surface area contributed by atoms with Crippen LogP contribution in [0.25, 0.3) is 11.0 Å². The molecule has 0 bridgehead atoms. The first-order valence-electron chi connectivity index (χ1n) is 6.27. The van der Waals surface area contributed by atoms with E-state index in [0.717, 1.165) is 5.56 Å². The van der Waals surface area contributed by atoms with Gasteiger partial charge in [-0.15, -0.1) is 0 Å². The molecule has 0 aliphatic rings. The second-order valence-electron chi connectivity index (χ2n) is 4.62. The summed E-state index contributed by atoms with van der Waals surface area (Å²) in [6, 6.07) is 9.93. The number of nitrogens with one attached hydrogen (secondary N) is 1. The quantitative estimate of drug-likeness (QED) is 0.489. The molecule has 0 amide bonds. The number of fused-ring (bicyclic) bond motifs is 1. The first-order chi connectivity index (χ1) is 10.1. The minimum absolute atomic E-state index is 0.228. The third kappa shape index (κ3) is 2.26. The Labute approximate surface area is 129 Å². The number of aromatic nitrogens is 3. The van der Waals surface area contributed by atoms with Crippen LogP contribution in [0.3, 0.4) is 0 Å². The number of anilines is 2. The summed E-state index contributed by atoms with van der Waals surface area (Å²) in [4.78, 5) is 8.28. The monoisotopic (exact) mass is 345 g/mol. The summed E-state index contributed by atoms with van der Waals surface area (Å²) >= 11 is 2.67. The van der Waals surface area contributed by atoms with Crippen molar-refractivity contribution in [2.24, 2.45) is 0 Å². The van der Waals surface area contributed by atoms with Crippen molar-refractivity contribution >= 4 is 43.3 Å². The predicted molar refractivity (Wildman–Crippen MR) is 84.5 cm³/mol. The fourth-order valence-electron chi connectivity index (χ4n) is 2.37. The SMILES string of the molecule is N=C([Se])c1c(N)n(Cc2ccccc2)c2ncnc(N)c12. The Morgan fingerprint density at radius 1 is 1.19 bits per heavy atom. The van der Waals surface area contributed by atoms with Crippen molar-refractivity contribution < 1.29 is 0 Å². The van der Waals surface area contributed by atoms with Crippen molar-refractivity contribution in [3.63, 3.8) is 0 Å². The number of hydrogen-bond donors (Lipinski definition) is 3. The van der Waals surface area contributed by atoms with E-state index < -0.39 is 0 Å². The molecule has 2 heterocycles. The standard InChI is InChI=1S/C14H13N6Se/c15-11-9-10(13(17)21)12(16)20(14(9)19-7-18-11)6-8-4-2-1-3-5-8/h1-5,7,17H,6,16H2,(H2,15,18,19). The molecule has 105 valence electrons. The van der Waals surface area contributed by atoms with E-state index >= 15 is 0 Å². The molecule has 2 aromatic heterocycles. The Morgan fingerprint density at radius 2 is 1.90 bits per heavy atom. The molecule has 0 saturated heterocycles. The zero-order valence-electron chi connectivity index (χ0n) is 11.1. The number of hydrogen-bond acceptors (Lipinski definition) is 5. The van der Waals surface area contributed by atoms with Crippen LogP contribution in [0.15, 0.2) is 36.7 Å². The van der Waals surface area contributed by atoms with Gasteiger partial charge in [0.15, 0.2) is 0 Å². The summed E-state index contributed by atoms with van der Waals surface area (Å²) in [6.07, 6.45) is 1.41. The Balaban J connectivity index is 2.26. The summed E-state index contributed by atoms with van der Waals surface area (Å²) in [5.41, 5.74) is 14.4. The average Bonchev–Trinajstić information content (AvgIpc) is 2.75. The molecule has 21 heavy (non-hydrogen) atoms. The van der Waals surface area contributed by atoms with Gasteiger partial charge in [0.05, 0.1) is 0 Å². The summed E-state index contributed by atoms with van der Waals surface area (Å²) in [5.74, 6) is 0.790. The fourth-order valence-corrected chi connectivity index (χ4v) is 2.80. The molecular weight excluding hydrogens is 331 g/mol. The molecule has 7 heteroatoms. The molecule has 3 aromatic rings. The van der Waals surface area contributed by atoms with Crippen molar-refractivity contribution in [1.82, 2.24) is 14.5 Å². The number of nitrogen functional groups attached to an aromatic ring is 2. The average molecular weight is 344 g/mol. The predicted octanol–water partition coefficient (Wildman–Crippen LogP) is 1.14. The van der Waals surface area contributed by atoms with Crippen LogP contribution in [-0.4, -0.2) is 35.2 Å². The number of benzene rings is 1. The second kappa shape index (κ2) is 5.20. The second-order valence-corrected chi connectivity index (χ2v) is 5.48. The van der Waals surface area contributed by atoms with Gasteiger partial charge in [0.2, 0.25) is 0 Å². The first kappa shape index (κ1) is 13.6. The molecular formula is C14H13N6Se. The van der Waals surface area contributed by atoms with Crippen LogP contribution in [0.5, 0.6) is 0 Å². The van der Waals surface area contributed by atoms with Gasteiger partial charge >= 0.3 is 129 Å². The molecule has 0 aliphatic heterocycles. The molecule has 0 aliphatic carbocycles. The van der Waals surface area contributed by atoms with Crippen LogP contribution in [0.4, 0.5) is 11.6 Å². The van der Waals surface area contributed by atoms with E-state index in [9.17, 15) is 0 Å². The van der Waals surface area contributed by atoms with Crippen LogP contribution >= 0.6 is 0 Å². The van der Waals surface area contributed by atoms with E-state index in [-0.39, 0.29) is 4.61 Å². The van der Waals surface area contributed by atoms with E-state index in [4.69, 9.17) is 16.9 Å². The molecule has 3 rings (SSSR count). The van der Waals surface area contributed by atoms with Gasteiger partial charge in [-0.3, -0.25) is 0 Å². The van der Waals surface area contributed by atoms with Gasteiger partial charge in [0.1, 0.15) is 0 Å². The maximum atomic E-state index is 7.89. The molecule has 0 spiro atoms. The fraction of sp³-hybridized carbons (Fsp3) is 0.0714. The number of rotatable bonds is 3. The molecule has 1 aromatic carbocycles. The Hall–Kier alpha value is -2.37. The topological polar surface area (TPSA) is 107 Å². The van der Waals surface area contributed by atoms with Crippen molar-refractivity contribution in [1.29, 1.82) is 5.41 Å². The van der Waals surface area contributed by atoms with Crippen LogP contribution in [0.2, 0.25) is 0 Å². The Bertz CT molecular complexity index is 824. The molecule has 1 radical (unpaired) electrons. The summed E-state index contributed by atoms with van der Waals surface area (Å²) < 4.78 is 2.08. The minimum atomic E-state index is 0.228. The summed E-state index contributed by atoms with van der Waals surface area (Å²) in [7, 11) is 0. The van der Waals surface area contributed by atoms with Gasteiger partial charge in [-0.2, -0.15) is 0 Å². The van der Waals surface area contributed by atoms with Crippen LogP contribution in [0.1, 0.15) is 11.1 Å². The Kier molecular flexibility index (Phi) is 3.37. The van der Waals surface area contributed by atoms with Crippen molar-refractivity contribution in [3.05, 3.63) is 47.8 Å². The third-order valence-corrected chi connectivity index (χ3v) is 3.75. The molecule has 0 atom stereocenters. The molecule has 6 nitrogen and oxygen atoms in total. The molecule has 0 unspecified atom stereocenters. The zero-order valence-corrected chi connectivity index (χ0v) is 12.8. The van der Waals surface area contributed by atoms with E-state index in [1.807, 2.05) is 34.9 Å². The van der Waals surface area contributed by atoms with Crippen LogP contribution in [0, 0.1) is 5.41 Å². The zero-order chi connectivity index (χ0) is 15.0. The Morgan fingerprint density at radius 3 is 2.57 bits per heavy atom. The van der Waals surface area contributed by atoms with Gasteiger partial charge in [-0.1, -0.05) is 0 Å². The normalized spacial score (nSPS) is 10.9. The number of nitrogens with zero attached hydrogens (tertiary/aromatic N) is 3. The van der Waals surface area contributed by atoms with Gasteiger partial charge in [-0.05, 0) is 0 Å². The molecule has 0 fully saturated rings. The summed E-state index contributed by atoms with van der Waals surface area (Å²) in [5, 5.41) is 8.51. The van der Waals surface area contributed by atoms with Crippen LogP contribution in [-0.2, 0) is 6.54 Å². The van der Waals surface area contributed by atoms with Crippen molar-refractivity contribution in [3.8, 4) is 0 Å². The maximum absolute atomic E-state index is 7.89. The molecule has 5 N–H and O–H groups in total. The van der Waals surface area contributed by atoms with Gasteiger partial charge < -0.3 is 0 Å². The molecule has 0 saturated carbocycles. The van der Waals surface area contributed by atoms with Gasteiger partial charge in [0, 0.05) is 0 Å². The van der Waals surface area contributed by atoms with E-state index in [0.29, 0.717) is 34.8 Å². The summed E-state index contributed by atoms with van der Waals surface area (Å²) in [6.45, 7) is 0.562. The van der Waals surface area contributed by atoms with Gasteiger partial charge in [0.25, 0.3) is 0 Å². The number of nitrogens with two attached hydrogens (primary N) is 2. The van der Waals surface area contributed by atoms with E-state index in [2.05, 4.69) is 26.0 Å². The van der Waals surface area contributed by atoms with E-state index in [1.165, 1.54) is 6.33 Å². The van der Waals surface area contributed by atoms with Crippen molar-refractivity contribution in [2.75, 3.05) is 11.5 Å². The van der Waals surface area contributed by atoms with Crippen molar-refractivity contribution in [2.45, 2.75) is 6.54 Å². The van der Waals surface area contributed by atoms with Crippen LogP contribution < -0.4 is 11.5 Å². The van der Waals surface area contributed by atoms with Gasteiger partial charge in [-0.25, -0.2) is 0 Å². The third-order valence-electron chi connectivity index (χ3n) is 3.32. The first-order valence-corrected chi connectivity index (χ1v) is 7.13. The van der Waals surface area contributed by atoms with E-state index in [1.54, 1.807) is 0 Å².